The topological polar surface area (TPSA) is 29.3 Å². The van der Waals surface area contributed by atoms with Crippen molar-refractivity contribution in [3.63, 3.8) is 0 Å². The fraction of sp³-hybridized carbons (Fsp3) is 1.00. The number of rotatable bonds is 0. The van der Waals surface area contributed by atoms with Gasteiger partial charge in [0, 0.05) is 13.1 Å². The molecule has 1 saturated carbocycles. The molecule has 0 aromatic rings. The van der Waals surface area contributed by atoms with Crippen molar-refractivity contribution in [2.24, 2.45) is 17.7 Å². The van der Waals surface area contributed by atoms with Gasteiger partial charge in [0.05, 0.1) is 0 Å². The van der Waals surface area contributed by atoms with Crippen molar-refractivity contribution < 1.29 is 0 Å². The zero-order valence-electron chi connectivity index (χ0n) is 5.01. The Morgan fingerprint density at radius 1 is 1.12 bits per heavy atom. The molecule has 0 aromatic carbocycles. The molecule has 0 spiro atoms. The van der Waals surface area contributed by atoms with Crippen LogP contribution in [0.15, 0.2) is 0 Å². The Morgan fingerprint density at radius 3 is 1.88 bits per heavy atom. The molecule has 2 heterocycles. The number of fused-ring (bicyclic) bond motifs is 2. The zero-order chi connectivity index (χ0) is 5.56. The summed E-state index contributed by atoms with van der Waals surface area (Å²) in [6, 6.07) is 0. The smallest absolute Gasteiger partial charge is 0.0157 e. The molecule has 8 heavy (non-hydrogen) atoms. The molecular weight excluding hydrogens is 100 g/mol. The van der Waals surface area contributed by atoms with Crippen LogP contribution in [0, 0.1) is 11.8 Å². The Bertz CT molecular complexity index is 86.7. The van der Waals surface area contributed by atoms with E-state index in [1.165, 1.54) is 12.8 Å². The van der Waals surface area contributed by atoms with Crippen LogP contribution in [-0.4, -0.2) is 18.1 Å². The monoisotopic (exact) mass is 112 g/mol. The van der Waals surface area contributed by atoms with Crippen molar-refractivity contribution in [3.05, 3.63) is 0 Å². The van der Waals surface area contributed by atoms with E-state index in [0.29, 0.717) is 0 Å². The van der Waals surface area contributed by atoms with Crippen molar-refractivity contribution in [3.8, 4) is 0 Å². The van der Waals surface area contributed by atoms with Gasteiger partial charge in [-0.05, 0) is 24.7 Å². The second-order valence-corrected chi connectivity index (χ2v) is 3.16. The fourth-order valence-corrected chi connectivity index (χ4v) is 1.91. The fourth-order valence-electron chi connectivity index (χ4n) is 1.91. The van der Waals surface area contributed by atoms with Crippen LogP contribution in [0.25, 0.3) is 0 Å². The molecule has 2 heteroatoms. The lowest BCUT2D eigenvalue weighted by Crippen LogP contribution is -2.51. The van der Waals surface area contributed by atoms with Crippen LogP contribution in [-0.2, 0) is 0 Å². The summed E-state index contributed by atoms with van der Waals surface area (Å²) in [5.41, 5.74) is 0. The van der Waals surface area contributed by atoms with Gasteiger partial charge in [-0.3, -0.25) is 5.84 Å². The molecule has 2 aliphatic heterocycles. The normalized spacial score (nSPS) is 46.1. The number of hydrogen-bond acceptors (Lipinski definition) is 2. The summed E-state index contributed by atoms with van der Waals surface area (Å²) in [5.74, 6) is 7.50. The highest BCUT2D eigenvalue weighted by atomic mass is 15.4. The first-order valence-corrected chi connectivity index (χ1v) is 3.34. The number of nitrogens with two attached hydrogens (primary N) is 1. The van der Waals surface area contributed by atoms with E-state index in [2.05, 4.69) is 0 Å². The Hall–Kier alpha value is -0.0800. The average Bonchev–Trinajstić information content (AvgIpc) is 1.62. The molecule has 0 unspecified atom stereocenters. The Labute approximate surface area is 49.6 Å². The van der Waals surface area contributed by atoms with E-state index >= 15 is 0 Å². The van der Waals surface area contributed by atoms with Crippen LogP contribution in [0.5, 0.6) is 0 Å². The summed E-state index contributed by atoms with van der Waals surface area (Å²) in [6.07, 6.45) is 2.90. The van der Waals surface area contributed by atoms with Gasteiger partial charge in [0.25, 0.3) is 0 Å². The van der Waals surface area contributed by atoms with Gasteiger partial charge in [-0.1, -0.05) is 0 Å². The molecule has 0 atom stereocenters. The largest absolute Gasteiger partial charge is 0.269 e. The number of piperidine rings is 2. The highest BCUT2D eigenvalue weighted by Crippen LogP contribution is 2.37. The average molecular weight is 112 g/mol. The van der Waals surface area contributed by atoms with Crippen molar-refractivity contribution in [1.82, 2.24) is 5.01 Å². The third kappa shape index (κ3) is 0.565. The van der Waals surface area contributed by atoms with Crippen LogP contribution >= 0.6 is 0 Å². The van der Waals surface area contributed by atoms with E-state index in [1.54, 1.807) is 0 Å². The minimum absolute atomic E-state index is 0.957. The van der Waals surface area contributed by atoms with Gasteiger partial charge in [-0.25, -0.2) is 5.01 Å². The third-order valence-corrected chi connectivity index (χ3v) is 2.32. The Balaban J connectivity index is 1.97. The molecule has 2 nitrogen and oxygen atoms in total. The van der Waals surface area contributed by atoms with Crippen LogP contribution in [0.1, 0.15) is 12.8 Å². The summed E-state index contributed by atoms with van der Waals surface area (Å²) in [5, 5.41) is 1.96. The van der Waals surface area contributed by atoms with Gasteiger partial charge in [-0.2, -0.15) is 0 Å². The van der Waals surface area contributed by atoms with E-state index < -0.39 is 0 Å². The summed E-state index contributed by atoms with van der Waals surface area (Å²) in [4.78, 5) is 0. The molecule has 0 amide bonds. The van der Waals surface area contributed by atoms with Crippen LogP contribution in [0.2, 0.25) is 0 Å². The number of nitrogens with zero attached hydrogens (tertiary/aromatic N) is 1. The lowest BCUT2D eigenvalue weighted by Gasteiger charge is -2.45. The van der Waals surface area contributed by atoms with E-state index in [1.807, 2.05) is 5.01 Å². The van der Waals surface area contributed by atoms with E-state index in [0.717, 1.165) is 24.9 Å². The predicted octanol–water partition coefficient (Wildman–Crippen LogP) is 0.202. The Kier molecular flexibility index (Phi) is 0.866. The van der Waals surface area contributed by atoms with E-state index in [4.69, 9.17) is 5.84 Å². The molecule has 3 fully saturated rings. The van der Waals surface area contributed by atoms with Crippen LogP contribution in [0.4, 0.5) is 0 Å². The number of hydrazine groups is 1. The maximum atomic E-state index is 5.59. The Morgan fingerprint density at radius 2 is 1.62 bits per heavy atom. The molecule has 1 aliphatic carbocycles. The molecule has 0 aromatic heterocycles. The molecule has 2 saturated heterocycles. The molecule has 3 aliphatic rings. The van der Waals surface area contributed by atoms with Gasteiger partial charge in [0.15, 0.2) is 0 Å². The van der Waals surface area contributed by atoms with E-state index in [-0.39, 0.29) is 0 Å². The first kappa shape index (κ1) is 4.77. The highest BCUT2D eigenvalue weighted by molar-refractivity contribution is 4.87. The first-order chi connectivity index (χ1) is 3.84. The maximum absolute atomic E-state index is 5.59. The molecule has 3 rings (SSSR count). The van der Waals surface area contributed by atoms with Crippen molar-refractivity contribution in [2.45, 2.75) is 12.8 Å². The summed E-state index contributed by atoms with van der Waals surface area (Å²) in [6.45, 7) is 2.30. The van der Waals surface area contributed by atoms with Crippen LogP contribution in [0.3, 0.4) is 0 Å². The van der Waals surface area contributed by atoms with Crippen molar-refractivity contribution >= 4 is 0 Å². The number of hydrogen-bond donors (Lipinski definition) is 1. The second kappa shape index (κ2) is 1.45. The second-order valence-electron chi connectivity index (χ2n) is 3.16. The van der Waals surface area contributed by atoms with Gasteiger partial charge in [-0.15, -0.1) is 0 Å². The highest BCUT2D eigenvalue weighted by Gasteiger charge is 2.35. The molecule has 2 bridgehead atoms. The lowest BCUT2D eigenvalue weighted by atomic mass is 9.72. The minimum atomic E-state index is 0.957. The van der Waals surface area contributed by atoms with Crippen molar-refractivity contribution in [2.75, 3.05) is 13.1 Å². The zero-order valence-corrected chi connectivity index (χ0v) is 5.01. The van der Waals surface area contributed by atoms with Gasteiger partial charge in [0.2, 0.25) is 0 Å². The summed E-state index contributed by atoms with van der Waals surface area (Å²) < 4.78 is 0. The quantitative estimate of drug-likeness (QED) is 0.454. The third-order valence-electron chi connectivity index (χ3n) is 2.32. The molecule has 2 N–H and O–H groups in total. The van der Waals surface area contributed by atoms with Gasteiger partial charge >= 0.3 is 0 Å². The molecule has 0 radical (unpaired) electrons. The minimum Gasteiger partial charge on any atom is -0.269 e. The van der Waals surface area contributed by atoms with Gasteiger partial charge < -0.3 is 0 Å². The van der Waals surface area contributed by atoms with Crippen molar-refractivity contribution in [1.29, 1.82) is 0 Å². The summed E-state index contributed by atoms with van der Waals surface area (Å²) >= 11 is 0. The molecular formula is C6H12N2. The standard InChI is InChI=1S/C6H12N2/c7-8-3-5-1-6(2-5)4-8/h5-6H,1-4,7H2. The first-order valence-electron chi connectivity index (χ1n) is 3.34. The van der Waals surface area contributed by atoms with Gasteiger partial charge in [0.1, 0.15) is 0 Å². The molecule has 46 valence electrons. The maximum Gasteiger partial charge on any atom is 0.0157 e. The summed E-state index contributed by atoms with van der Waals surface area (Å²) in [7, 11) is 0. The van der Waals surface area contributed by atoms with E-state index in [9.17, 15) is 0 Å². The SMILES string of the molecule is NN1CC2CC(C2)C1. The predicted molar refractivity (Wildman–Crippen MR) is 32.0 cm³/mol. The van der Waals surface area contributed by atoms with Crippen LogP contribution < -0.4 is 5.84 Å². The lowest BCUT2D eigenvalue weighted by molar-refractivity contribution is 0.0274.